The first-order valence-corrected chi connectivity index (χ1v) is 14.3. The van der Waals surface area contributed by atoms with Crippen molar-refractivity contribution in [1.82, 2.24) is 9.97 Å². The van der Waals surface area contributed by atoms with E-state index < -0.39 is 8.07 Å². The lowest BCUT2D eigenvalue weighted by Gasteiger charge is -2.15. The smallest absolute Gasteiger partial charge is 0.163 e. The van der Waals surface area contributed by atoms with Gasteiger partial charge >= 0.3 is 0 Å². The van der Waals surface area contributed by atoms with Crippen LogP contribution < -0.4 is 14.8 Å². The number of halogens is 1. The highest BCUT2D eigenvalue weighted by Gasteiger charge is 2.13. The predicted molar refractivity (Wildman–Crippen MR) is 141 cm³/mol. The summed E-state index contributed by atoms with van der Waals surface area (Å²) in [4.78, 5) is 8.89. The van der Waals surface area contributed by atoms with Gasteiger partial charge in [-0.3, -0.25) is 0 Å². The number of hydrogen-bond donors (Lipinski definition) is 1. The van der Waals surface area contributed by atoms with Gasteiger partial charge in [-0.1, -0.05) is 31.6 Å². The maximum Gasteiger partial charge on any atom is 0.163 e. The summed E-state index contributed by atoms with van der Waals surface area (Å²) in [5, 5.41) is 4.22. The molecular weight excluding hydrogens is 470 g/mol. The SMILES string of the molecule is COCCOc1cc2ncnc(Nc3cccc(C#C[Si](C)(C)C)c3)c2cc1OCCOC.Cl. The molecule has 0 atom stereocenters. The molecule has 0 radical (unpaired) electrons. The van der Waals surface area contributed by atoms with Crippen molar-refractivity contribution in [2.24, 2.45) is 0 Å². The molecule has 3 aromatic rings. The van der Waals surface area contributed by atoms with Gasteiger partial charge in [0.05, 0.1) is 18.7 Å². The molecule has 0 saturated heterocycles. The van der Waals surface area contributed by atoms with E-state index in [0.29, 0.717) is 43.7 Å². The maximum absolute atomic E-state index is 5.92. The van der Waals surface area contributed by atoms with E-state index in [1.54, 1.807) is 14.2 Å². The number of nitrogens with zero attached hydrogens (tertiary/aromatic N) is 2. The van der Waals surface area contributed by atoms with E-state index in [0.717, 1.165) is 22.2 Å². The summed E-state index contributed by atoms with van der Waals surface area (Å²) < 4.78 is 22.0. The first-order chi connectivity index (χ1) is 15.9. The molecule has 0 amide bonds. The Balaban J connectivity index is 0.00000408. The zero-order chi connectivity index (χ0) is 23.7. The van der Waals surface area contributed by atoms with E-state index in [4.69, 9.17) is 18.9 Å². The molecule has 0 saturated carbocycles. The van der Waals surface area contributed by atoms with Gasteiger partial charge in [-0.2, -0.15) is 0 Å². The van der Waals surface area contributed by atoms with Crippen LogP contribution >= 0.6 is 12.4 Å². The summed E-state index contributed by atoms with van der Waals surface area (Å²) in [7, 11) is 1.82. The second kappa shape index (κ2) is 13.2. The van der Waals surface area contributed by atoms with Crippen LogP contribution in [-0.2, 0) is 9.47 Å². The highest BCUT2D eigenvalue weighted by molar-refractivity contribution is 6.83. The number of rotatable bonds is 10. The number of anilines is 2. The van der Waals surface area contributed by atoms with Gasteiger partial charge in [-0.15, -0.1) is 18.0 Å². The van der Waals surface area contributed by atoms with Crippen LogP contribution in [0.3, 0.4) is 0 Å². The number of ether oxygens (including phenoxy) is 4. The van der Waals surface area contributed by atoms with Crippen LogP contribution in [0.25, 0.3) is 10.9 Å². The zero-order valence-electron chi connectivity index (χ0n) is 20.3. The van der Waals surface area contributed by atoms with Crippen molar-refractivity contribution < 1.29 is 18.9 Å². The van der Waals surface area contributed by atoms with Crippen LogP contribution in [0.5, 0.6) is 11.5 Å². The van der Waals surface area contributed by atoms with Crippen LogP contribution in [0.4, 0.5) is 11.5 Å². The number of fused-ring (bicyclic) bond motifs is 1. The molecule has 7 nitrogen and oxygen atoms in total. The lowest BCUT2D eigenvalue weighted by molar-refractivity contribution is 0.132. The van der Waals surface area contributed by atoms with Gasteiger partial charge in [0.15, 0.2) is 11.5 Å². The zero-order valence-corrected chi connectivity index (χ0v) is 22.1. The summed E-state index contributed by atoms with van der Waals surface area (Å²) in [5.74, 6) is 5.18. The lowest BCUT2D eigenvalue weighted by atomic mass is 10.2. The molecule has 1 aromatic heterocycles. The molecule has 0 fully saturated rings. The Morgan fingerprint density at radius 3 is 2.21 bits per heavy atom. The third-order valence-electron chi connectivity index (χ3n) is 4.50. The fourth-order valence-electron chi connectivity index (χ4n) is 2.93. The van der Waals surface area contributed by atoms with E-state index in [9.17, 15) is 0 Å². The number of aromatic nitrogens is 2. The summed E-state index contributed by atoms with van der Waals surface area (Å²) in [5.41, 5.74) is 6.02. The minimum absolute atomic E-state index is 0. The Labute approximate surface area is 208 Å². The van der Waals surface area contributed by atoms with Crippen molar-refractivity contribution in [2.45, 2.75) is 19.6 Å². The molecule has 0 aliphatic heterocycles. The van der Waals surface area contributed by atoms with Crippen molar-refractivity contribution in [3.05, 3.63) is 48.3 Å². The van der Waals surface area contributed by atoms with E-state index in [-0.39, 0.29) is 12.4 Å². The standard InChI is InChI=1S/C25H31N3O4Si.ClH/c1-29-10-12-31-23-16-21-22(17-24(23)32-13-11-30-2)26-18-27-25(21)28-20-8-6-7-19(15-20)9-14-33(3,4)5;/h6-8,15-18H,10-13H2,1-5H3,(H,26,27,28);1H. The predicted octanol–water partition coefficient (Wildman–Crippen LogP) is 5.07. The van der Waals surface area contributed by atoms with Crippen molar-refractivity contribution in [3.8, 4) is 23.0 Å². The van der Waals surface area contributed by atoms with Gasteiger partial charge in [-0.25, -0.2) is 9.97 Å². The summed E-state index contributed by atoms with van der Waals surface area (Å²) in [6.45, 7) is 8.44. The summed E-state index contributed by atoms with van der Waals surface area (Å²) in [6.07, 6.45) is 1.53. The van der Waals surface area contributed by atoms with Gasteiger partial charge in [-0.05, 0) is 24.3 Å². The molecule has 34 heavy (non-hydrogen) atoms. The molecule has 0 bridgehead atoms. The second-order valence-corrected chi connectivity index (χ2v) is 13.2. The Morgan fingerprint density at radius 1 is 0.882 bits per heavy atom. The van der Waals surface area contributed by atoms with Crippen LogP contribution in [-0.4, -0.2) is 58.7 Å². The largest absolute Gasteiger partial charge is 0.487 e. The summed E-state index contributed by atoms with van der Waals surface area (Å²) in [6, 6.07) is 11.8. The monoisotopic (exact) mass is 501 g/mol. The Kier molecular flexibility index (Phi) is 10.6. The van der Waals surface area contributed by atoms with Gasteiger partial charge in [0.2, 0.25) is 0 Å². The molecular formula is C25H32ClN3O4Si. The van der Waals surface area contributed by atoms with Crippen molar-refractivity contribution in [3.63, 3.8) is 0 Å². The van der Waals surface area contributed by atoms with Crippen molar-refractivity contribution in [1.29, 1.82) is 0 Å². The van der Waals surface area contributed by atoms with E-state index in [1.807, 2.05) is 36.4 Å². The molecule has 0 aliphatic rings. The normalized spacial score (nSPS) is 10.7. The van der Waals surface area contributed by atoms with Gasteiger partial charge in [0.25, 0.3) is 0 Å². The molecule has 2 aromatic carbocycles. The molecule has 0 aliphatic carbocycles. The quantitative estimate of drug-likeness (QED) is 0.236. The molecule has 9 heteroatoms. The van der Waals surface area contributed by atoms with E-state index >= 15 is 0 Å². The molecule has 0 unspecified atom stereocenters. The van der Waals surface area contributed by atoms with E-state index in [1.165, 1.54) is 6.33 Å². The van der Waals surface area contributed by atoms with Crippen LogP contribution in [0.2, 0.25) is 19.6 Å². The molecule has 1 heterocycles. The van der Waals surface area contributed by atoms with Crippen molar-refractivity contribution >= 4 is 42.9 Å². The van der Waals surface area contributed by atoms with Crippen molar-refractivity contribution in [2.75, 3.05) is 46.0 Å². The highest BCUT2D eigenvalue weighted by Crippen LogP contribution is 2.35. The summed E-state index contributed by atoms with van der Waals surface area (Å²) >= 11 is 0. The topological polar surface area (TPSA) is 74.7 Å². The third-order valence-corrected chi connectivity index (χ3v) is 5.37. The van der Waals surface area contributed by atoms with Crippen LogP contribution in [0.15, 0.2) is 42.7 Å². The van der Waals surface area contributed by atoms with Gasteiger partial charge in [0.1, 0.15) is 33.4 Å². The van der Waals surface area contributed by atoms with Crippen LogP contribution in [0, 0.1) is 11.5 Å². The Hall–Kier alpha value is -2.83. The molecule has 1 N–H and O–H groups in total. The third kappa shape index (κ3) is 8.19. The minimum Gasteiger partial charge on any atom is -0.487 e. The van der Waals surface area contributed by atoms with E-state index in [2.05, 4.69) is 46.4 Å². The van der Waals surface area contributed by atoms with Crippen LogP contribution in [0.1, 0.15) is 5.56 Å². The number of hydrogen-bond acceptors (Lipinski definition) is 7. The molecule has 182 valence electrons. The Morgan fingerprint density at radius 2 is 1.56 bits per heavy atom. The number of benzene rings is 2. The molecule has 3 rings (SSSR count). The van der Waals surface area contributed by atoms with Gasteiger partial charge in [0, 0.05) is 36.9 Å². The first-order valence-electron chi connectivity index (χ1n) is 10.8. The minimum atomic E-state index is -1.45. The Bertz CT molecular complexity index is 1140. The molecule has 0 spiro atoms. The fourth-order valence-corrected chi connectivity index (χ4v) is 3.45. The first kappa shape index (κ1) is 27.4. The average Bonchev–Trinajstić information content (AvgIpc) is 2.78. The number of methoxy groups -OCH3 is 2. The second-order valence-electron chi connectivity index (χ2n) is 8.43. The maximum atomic E-state index is 5.92. The average molecular weight is 502 g/mol. The highest BCUT2D eigenvalue weighted by atomic mass is 35.5. The number of nitrogens with one attached hydrogen (secondary N) is 1. The lowest BCUT2D eigenvalue weighted by Crippen LogP contribution is -2.16. The fraction of sp³-hybridized carbons (Fsp3) is 0.360. The van der Waals surface area contributed by atoms with Gasteiger partial charge < -0.3 is 24.3 Å².